The van der Waals surface area contributed by atoms with Crippen LogP contribution in [0.5, 0.6) is 0 Å². The number of hydrogen-bond acceptors (Lipinski definition) is 1. The van der Waals surface area contributed by atoms with Crippen molar-refractivity contribution in [3.8, 4) is 0 Å². The summed E-state index contributed by atoms with van der Waals surface area (Å²) in [4.78, 5) is 0. The predicted molar refractivity (Wildman–Crippen MR) is 66.0 cm³/mol. The van der Waals surface area contributed by atoms with Crippen molar-refractivity contribution in [2.24, 2.45) is 0 Å². The van der Waals surface area contributed by atoms with Gasteiger partial charge in [-0.15, -0.1) is 0 Å². The SMILES string of the molecule is C/C(=C/Cl)Cn1ccc2ccc(N)cc21. The Morgan fingerprint density at radius 2 is 2.27 bits per heavy atom. The molecule has 1 aromatic heterocycles. The molecule has 2 rings (SSSR count). The Balaban J connectivity index is 2.48. The van der Waals surface area contributed by atoms with Gasteiger partial charge in [0.2, 0.25) is 0 Å². The zero-order valence-corrected chi connectivity index (χ0v) is 9.33. The fourth-order valence-electron chi connectivity index (χ4n) is 1.64. The van der Waals surface area contributed by atoms with Crippen molar-refractivity contribution >= 4 is 28.2 Å². The van der Waals surface area contributed by atoms with Crippen LogP contribution in [0.3, 0.4) is 0 Å². The molecule has 0 aliphatic carbocycles. The van der Waals surface area contributed by atoms with Crippen molar-refractivity contribution < 1.29 is 0 Å². The molecule has 0 aliphatic heterocycles. The Kier molecular flexibility index (Phi) is 2.69. The molecular weight excluding hydrogens is 208 g/mol. The predicted octanol–water partition coefficient (Wildman–Crippen LogP) is 3.37. The van der Waals surface area contributed by atoms with Crippen LogP contribution in [0.4, 0.5) is 5.69 Å². The standard InChI is InChI=1S/C12H13ClN2/c1-9(7-13)8-15-5-4-10-2-3-11(14)6-12(10)15/h2-7H,8,14H2,1H3/b9-7-. The van der Waals surface area contributed by atoms with E-state index in [2.05, 4.69) is 10.6 Å². The molecule has 0 radical (unpaired) electrons. The van der Waals surface area contributed by atoms with Crippen molar-refractivity contribution in [2.45, 2.75) is 13.5 Å². The van der Waals surface area contributed by atoms with E-state index in [1.54, 1.807) is 5.54 Å². The van der Waals surface area contributed by atoms with Gasteiger partial charge in [0.25, 0.3) is 0 Å². The summed E-state index contributed by atoms with van der Waals surface area (Å²) in [6.07, 6.45) is 2.05. The number of hydrogen-bond donors (Lipinski definition) is 1. The molecule has 0 amide bonds. The second-order valence-electron chi connectivity index (χ2n) is 3.72. The molecule has 2 N–H and O–H groups in total. The number of allylic oxidation sites excluding steroid dienone is 1. The quantitative estimate of drug-likeness (QED) is 0.773. The van der Waals surface area contributed by atoms with E-state index in [9.17, 15) is 0 Å². The molecule has 1 aromatic carbocycles. The van der Waals surface area contributed by atoms with Crippen LogP contribution in [0, 0.1) is 0 Å². The Hall–Kier alpha value is -1.41. The van der Waals surface area contributed by atoms with Crippen LogP contribution in [0.2, 0.25) is 0 Å². The number of anilines is 1. The number of benzene rings is 1. The van der Waals surface area contributed by atoms with Gasteiger partial charge in [-0.25, -0.2) is 0 Å². The summed E-state index contributed by atoms with van der Waals surface area (Å²) >= 11 is 5.65. The van der Waals surface area contributed by atoms with E-state index in [0.717, 1.165) is 23.3 Å². The molecule has 78 valence electrons. The van der Waals surface area contributed by atoms with Gasteiger partial charge in [-0.3, -0.25) is 0 Å². The van der Waals surface area contributed by atoms with E-state index in [1.807, 2.05) is 31.3 Å². The summed E-state index contributed by atoms with van der Waals surface area (Å²) in [5, 5.41) is 1.20. The summed E-state index contributed by atoms with van der Waals surface area (Å²) in [6, 6.07) is 8.00. The van der Waals surface area contributed by atoms with Crippen molar-refractivity contribution in [1.82, 2.24) is 4.57 Å². The molecule has 0 saturated carbocycles. The molecule has 2 aromatic rings. The first-order valence-corrected chi connectivity index (χ1v) is 5.24. The van der Waals surface area contributed by atoms with Crippen molar-refractivity contribution in [2.75, 3.05) is 5.73 Å². The molecule has 3 heteroatoms. The van der Waals surface area contributed by atoms with E-state index >= 15 is 0 Å². The van der Waals surface area contributed by atoms with Gasteiger partial charge in [0.05, 0.1) is 5.52 Å². The lowest BCUT2D eigenvalue weighted by Gasteiger charge is -2.05. The normalized spacial score (nSPS) is 12.3. The lowest BCUT2D eigenvalue weighted by molar-refractivity contribution is 0.821. The van der Waals surface area contributed by atoms with Crippen LogP contribution >= 0.6 is 11.6 Å². The van der Waals surface area contributed by atoms with E-state index < -0.39 is 0 Å². The summed E-state index contributed by atoms with van der Waals surface area (Å²) in [5.74, 6) is 0. The minimum Gasteiger partial charge on any atom is -0.399 e. The maximum atomic E-state index is 5.76. The number of halogens is 1. The van der Waals surface area contributed by atoms with E-state index in [-0.39, 0.29) is 0 Å². The molecule has 1 heterocycles. The minimum atomic E-state index is 0.787. The average Bonchev–Trinajstić information content (AvgIpc) is 2.61. The van der Waals surface area contributed by atoms with Crippen molar-refractivity contribution in [3.05, 3.63) is 41.6 Å². The zero-order chi connectivity index (χ0) is 10.8. The van der Waals surface area contributed by atoms with Gasteiger partial charge in [-0.05, 0) is 36.1 Å². The maximum Gasteiger partial charge on any atom is 0.0503 e. The topological polar surface area (TPSA) is 30.9 Å². The summed E-state index contributed by atoms with van der Waals surface area (Å²) in [7, 11) is 0. The first kappa shape index (κ1) is 10.1. The summed E-state index contributed by atoms with van der Waals surface area (Å²) < 4.78 is 2.14. The molecule has 0 unspecified atom stereocenters. The fraction of sp³-hybridized carbons (Fsp3) is 0.167. The Bertz CT molecular complexity index is 511. The monoisotopic (exact) mass is 220 g/mol. The number of fused-ring (bicyclic) bond motifs is 1. The van der Waals surface area contributed by atoms with Crippen molar-refractivity contribution in [3.63, 3.8) is 0 Å². The van der Waals surface area contributed by atoms with Crippen LogP contribution in [0.15, 0.2) is 41.6 Å². The molecule has 0 fully saturated rings. The molecule has 0 atom stereocenters. The van der Waals surface area contributed by atoms with Crippen LogP contribution in [-0.4, -0.2) is 4.57 Å². The Labute approximate surface area is 93.9 Å². The molecule has 2 nitrogen and oxygen atoms in total. The highest BCUT2D eigenvalue weighted by molar-refractivity contribution is 6.25. The third-order valence-corrected chi connectivity index (χ3v) is 2.78. The fourth-order valence-corrected chi connectivity index (χ4v) is 1.71. The summed E-state index contributed by atoms with van der Waals surface area (Å²) in [5.41, 5.74) is 10.4. The third-order valence-electron chi connectivity index (χ3n) is 2.40. The van der Waals surface area contributed by atoms with Gasteiger partial charge < -0.3 is 10.3 Å². The summed E-state index contributed by atoms with van der Waals surface area (Å²) in [6.45, 7) is 2.81. The number of nitrogen functional groups attached to an aromatic ring is 1. The molecule has 0 spiro atoms. The van der Waals surface area contributed by atoms with Crippen LogP contribution in [0.25, 0.3) is 10.9 Å². The van der Waals surface area contributed by atoms with E-state index in [0.29, 0.717) is 0 Å². The number of nitrogens with two attached hydrogens (primary N) is 1. The lowest BCUT2D eigenvalue weighted by Crippen LogP contribution is -1.97. The van der Waals surface area contributed by atoms with Gasteiger partial charge >= 0.3 is 0 Å². The largest absolute Gasteiger partial charge is 0.399 e. The number of nitrogens with zero attached hydrogens (tertiary/aromatic N) is 1. The second-order valence-corrected chi connectivity index (χ2v) is 3.94. The molecule has 0 bridgehead atoms. The van der Waals surface area contributed by atoms with Gasteiger partial charge in [-0.2, -0.15) is 0 Å². The van der Waals surface area contributed by atoms with Crippen LogP contribution < -0.4 is 5.73 Å². The zero-order valence-electron chi connectivity index (χ0n) is 8.57. The average molecular weight is 221 g/mol. The molecule has 15 heavy (non-hydrogen) atoms. The van der Waals surface area contributed by atoms with E-state index in [1.165, 1.54) is 5.39 Å². The van der Waals surface area contributed by atoms with Crippen molar-refractivity contribution in [1.29, 1.82) is 0 Å². The maximum absolute atomic E-state index is 5.76. The molecule has 0 aliphatic rings. The van der Waals surface area contributed by atoms with Crippen LogP contribution in [-0.2, 0) is 6.54 Å². The van der Waals surface area contributed by atoms with E-state index in [4.69, 9.17) is 17.3 Å². The molecular formula is C12H13ClN2. The van der Waals surface area contributed by atoms with Gasteiger partial charge in [0.15, 0.2) is 0 Å². The van der Waals surface area contributed by atoms with Gasteiger partial charge in [0.1, 0.15) is 0 Å². The Morgan fingerprint density at radius 1 is 1.47 bits per heavy atom. The highest BCUT2D eigenvalue weighted by Crippen LogP contribution is 2.19. The highest BCUT2D eigenvalue weighted by atomic mass is 35.5. The number of rotatable bonds is 2. The number of aromatic nitrogens is 1. The van der Waals surface area contributed by atoms with Crippen LogP contribution in [0.1, 0.15) is 6.92 Å². The lowest BCUT2D eigenvalue weighted by atomic mass is 10.2. The third kappa shape index (κ3) is 2.00. The minimum absolute atomic E-state index is 0.787. The first-order chi connectivity index (χ1) is 7.20. The highest BCUT2D eigenvalue weighted by Gasteiger charge is 2.01. The molecule has 0 saturated heterocycles. The smallest absolute Gasteiger partial charge is 0.0503 e. The van der Waals surface area contributed by atoms with Gasteiger partial charge in [-0.1, -0.05) is 17.7 Å². The van der Waals surface area contributed by atoms with Gasteiger partial charge in [0, 0.05) is 24.0 Å². The Morgan fingerprint density at radius 3 is 3.00 bits per heavy atom. The second kappa shape index (κ2) is 3.99. The first-order valence-electron chi connectivity index (χ1n) is 4.81.